The third-order valence-corrected chi connectivity index (χ3v) is 5.99. The fourth-order valence-corrected chi connectivity index (χ4v) is 4.07. The van der Waals surface area contributed by atoms with Gasteiger partial charge in [-0.15, -0.1) is 11.3 Å². The second-order valence-corrected chi connectivity index (χ2v) is 8.13. The Morgan fingerprint density at radius 3 is 2.59 bits per heavy atom. The number of para-hydroxylation sites is 1. The quantitative estimate of drug-likeness (QED) is 0.520. The standard InChI is InChI=1S/C23H30N4OS/c1-4-26(5-2)15-9-11-18(3)24-23(28)21-17-20(22-14-10-16-29-22)25-27(21)19-12-7-6-8-13-19/h6-8,10,12-14,16-18H,4-5,9,11,15H2,1-3H3,(H,24,28)/t18-/m0/s1. The monoisotopic (exact) mass is 410 g/mol. The molecule has 1 aromatic carbocycles. The maximum Gasteiger partial charge on any atom is 0.270 e. The van der Waals surface area contributed by atoms with E-state index in [0.717, 1.165) is 48.7 Å². The maximum absolute atomic E-state index is 13.1. The van der Waals surface area contributed by atoms with E-state index in [1.807, 2.05) is 53.9 Å². The van der Waals surface area contributed by atoms with Gasteiger partial charge in [0.1, 0.15) is 11.4 Å². The van der Waals surface area contributed by atoms with Crippen molar-refractivity contribution in [1.82, 2.24) is 20.0 Å². The fourth-order valence-electron chi connectivity index (χ4n) is 3.38. The van der Waals surface area contributed by atoms with E-state index >= 15 is 0 Å². The zero-order chi connectivity index (χ0) is 20.6. The molecular formula is C23H30N4OS. The number of hydrogen-bond acceptors (Lipinski definition) is 4. The van der Waals surface area contributed by atoms with Crippen LogP contribution >= 0.6 is 11.3 Å². The van der Waals surface area contributed by atoms with Gasteiger partial charge in [0.25, 0.3) is 5.91 Å². The first-order chi connectivity index (χ1) is 14.1. The Bertz CT molecular complexity index is 885. The van der Waals surface area contributed by atoms with Crippen molar-refractivity contribution in [1.29, 1.82) is 0 Å². The second-order valence-electron chi connectivity index (χ2n) is 7.18. The number of aromatic nitrogens is 2. The molecule has 0 bridgehead atoms. The van der Waals surface area contributed by atoms with Crippen molar-refractivity contribution < 1.29 is 4.79 Å². The molecule has 0 unspecified atom stereocenters. The summed E-state index contributed by atoms with van der Waals surface area (Å²) in [6.07, 6.45) is 2.03. The number of hydrogen-bond donors (Lipinski definition) is 1. The van der Waals surface area contributed by atoms with Crippen LogP contribution in [0.25, 0.3) is 16.3 Å². The number of carbonyl (C=O) groups is 1. The van der Waals surface area contributed by atoms with E-state index in [4.69, 9.17) is 5.10 Å². The minimum atomic E-state index is -0.0838. The molecular weight excluding hydrogens is 380 g/mol. The first kappa shape index (κ1) is 21.3. The lowest BCUT2D eigenvalue weighted by atomic mass is 10.1. The van der Waals surface area contributed by atoms with Crippen molar-refractivity contribution in [2.24, 2.45) is 0 Å². The second kappa shape index (κ2) is 10.4. The SMILES string of the molecule is CCN(CC)CCC[C@H](C)NC(=O)c1cc(-c2cccs2)nn1-c1ccccc1. The molecule has 5 nitrogen and oxygen atoms in total. The lowest BCUT2D eigenvalue weighted by Gasteiger charge is -2.20. The highest BCUT2D eigenvalue weighted by atomic mass is 32.1. The summed E-state index contributed by atoms with van der Waals surface area (Å²) in [5.74, 6) is -0.0838. The molecule has 0 aliphatic heterocycles. The predicted octanol–water partition coefficient (Wildman–Crippen LogP) is 4.84. The molecule has 2 heterocycles. The van der Waals surface area contributed by atoms with E-state index in [0.29, 0.717) is 5.69 Å². The highest BCUT2D eigenvalue weighted by Gasteiger charge is 2.19. The third kappa shape index (κ3) is 5.55. The number of amides is 1. The van der Waals surface area contributed by atoms with E-state index in [-0.39, 0.29) is 11.9 Å². The average molecular weight is 411 g/mol. The van der Waals surface area contributed by atoms with Gasteiger partial charge in [-0.25, -0.2) is 4.68 Å². The van der Waals surface area contributed by atoms with Crippen LogP contribution in [0.3, 0.4) is 0 Å². The third-order valence-electron chi connectivity index (χ3n) is 5.10. The van der Waals surface area contributed by atoms with E-state index in [1.165, 1.54) is 0 Å². The van der Waals surface area contributed by atoms with Crippen LogP contribution < -0.4 is 5.32 Å². The minimum absolute atomic E-state index is 0.0838. The van der Waals surface area contributed by atoms with Crippen molar-refractivity contribution in [3.63, 3.8) is 0 Å². The summed E-state index contributed by atoms with van der Waals surface area (Å²) in [7, 11) is 0. The Labute approximate surface area is 177 Å². The molecule has 0 saturated carbocycles. The highest BCUT2D eigenvalue weighted by molar-refractivity contribution is 7.13. The van der Waals surface area contributed by atoms with Gasteiger partial charge in [-0.3, -0.25) is 4.79 Å². The maximum atomic E-state index is 13.1. The fraction of sp³-hybridized carbons (Fsp3) is 0.391. The molecule has 0 saturated heterocycles. The Kier molecular flexibility index (Phi) is 7.61. The number of carbonyl (C=O) groups excluding carboxylic acids is 1. The summed E-state index contributed by atoms with van der Waals surface area (Å²) in [5, 5.41) is 9.90. The van der Waals surface area contributed by atoms with Crippen LogP contribution in [0.5, 0.6) is 0 Å². The molecule has 1 amide bonds. The van der Waals surface area contributed by atoms with Gasteiger partial charge >= 0.3 is 0 Å². The van der Waals surface area contributed by atoms with Crippen LogP contribution in [0, 0.1) is 0 Å². The number of nitrogens with one attached hydrogen (secondary N) is 1. The number of thiophene rings is 1. The lowest BCUT2D eigenvalue weighted by molar-refractivity contribution is 0.0929. The van der Waals surface area contributed by atoms with Crippen molar-refractivity contribution in [3.05, 3.63) is 59.6 Å². The summed E-state index contributed by atoms with van der Waals surface area (Å²) in [6.45, 7) is 9.65. The zero-order valence-corrected chi connectivity index (χ0v) is 18.3. The van der Waals surface area contributed by atoms with Gasteiger partial charge in [-0.1, -0.05) is 38.1 Å². The molecule has 0 aliphatic rings. The lowest BCUT2D eigenvalue weighted by Crippen LogP contribution is -2.34. The molecule has 6 heteroatoms. The van der Waals surface area contributed by atoms with Crippen LogP contribution in [0.15, 0.2) is 53.9 Å². The summed E-state index contributed by atoms with van der Waals surface area (Å²) in [4.78, 5) is 16.5. The molecule has 2 aromatic heterocycles. The summed E-state index contributed by atoms with van der Waals surface area (Å²) in [5.41, 5.74) is 2.27. The zero-order valence-electron chi connectivity index (χ0n) is 17.5. The van der Waals surface area contributed by atoms with Gasteiger partial charge in [0.15, 0.2) is 0 Å². The smallest absolute Gasteiger partial charge is 0.270 e. The molecule has 1 atom stereocenters. The average Bonchev–Trinajstić information content (AvgIpc) is 3.41. The summed E-state index contributed by atoms with van der Waals surface area (Å²) in [6, 6.07) is 15.8. The largest absolute Gasteiger partial charge is 0.348 e. The number of benzene rings is 1. The molecule has 154 valence electrons. The predicted molar refractivity (Wildman–Crippen MR) is 121 cm³/mol. The van der Waals surface area contributed by atoms with Gasteiger partial charge in [0, 0.05) is 6.04 Å². The molecule has 3 aromatic rings. The molecule has 29 heavy (non-hydrogen) atoms. The first-order valence-electron chi connectivity index (χ1n) is 10.3. The van der Waals surface area contributed by atoms with Gasteiger partial charge in [-0.05, 0) is 69.0 Å². The Morgan fingerprint density at radius 1 is 1.17 bits per heavy atom. The van der Waals surface area contributed by atoms with Crippen LogP contribution in [0.2, 0.25) is 0 Å². The van der Waals surface area contributed by atoms with Gasteiger partial charge in [-0.2, -0.15) is 5.10 Å². The molecule has 0 radical (unpaired) electrons. The summed E-state index contributed by atoms with van der Waals surface area (Å²) < 4.78 is 1.74. The normalized spacial score (nSPS) is 12.3. The molecule has 0 fully saturated rings. The van der Waals surface area contributed by atoms with Crippen LogP contribution in [0.4, 0.5) is 0 Å². The van der Waals surface area contributed by atoms with E-state index in [2.05, 4.69) is 31.0 Å². The Morgan fingerprint density at radius 2 is 1.93 bits per heavy atom. The van der Waals surface area contributed by atoms with E-state index < -0.39 is 0 Å². The van der Waals surface area contributed by atoms with Crippen molar-refractivity contribution in [3.8, 4) is 16.3 Å². The number of nitrogens with zero attached hydrogens (tertiary/aromatic N) is 3. The van der Waals surface area contributed by atoms with Gasteiger partial charge < -0.3 is 10.2 Å². The van der Waals surface area contributed by atoms with E-state index in [1.54, 1.807) is 16.0 Å². The summed E-state index contributed by atoms with van der Waals surface area (Å²) >= 11 is 1.62. The van der Waals surface area contributed by atoms with Crippen LogP contribution in [0.1, 0.15) is 44.1 Å². The van der Waals surface area contributed by atoms with Crippen molar-refractivity contribution >= 4 is 17.2 Å². The molecule has 0 spiro atoms. The van der Waals surface area contributed by atoms with E-state index in [9.17, 15) is 4.79 Å². The molecule has 0 aliphatic carbocycles. The van der Waals surface area contributed by atoms with Crippen molar-refractivity contribution in [2.45, 2.75) is 39.7 Å². The number of rotatable bonds is 10. The first-order valence-corrected chi connectivity index (χ1v) is 11.2. The Balaban J connectivity index is 1.73. The van der Waals surface area contributed by atoms with Crippen LogP contribution in [-0.4, -0.2) is 46.3 Å². The highest BCUT2D eigenvalue weighted by Crippen LogP contribution is 2.25. The minimum Gasteiger partial charge on any atom is -0.348 e. The topological polar surface area (TPSA) is 50.2 Å². The van der Waals surface area contributed by atoms with Crippen molar-refractivity contribution in [2.75, 3.05) is 19.6 Å². The Hall–Kier alpha value is -2.44. The van der Waals surface area contributed by atoms with Gasteiger partial charge in [0.2, 0.25) is 0 Å². The molecule has 3 rings (SSSR count). The van der Waals surface area contributed by atoms with Crippen LogP contribution in [-0.2, 0) is 0 Å². The molecule has 1 N–H and O–H groups in total. The van der Waals surface area contributed by atoms with Gasteiger partial charge in [0.05, 0.1) is 10.6 Å².